The van der Waals surface area contributed by atoms with Gasteiger partial charge in [0.1, 0.15) is 0 Å². The first-order valence-corrected chi connectivity index (χ1v) is 8.66. The van der Waals surface area contributed by atoms with Crippen molar-refractivity contribution in [1.29, 1.82) is 0 Å². The van der Waals surface area contributed by atoms with Crippen molar-refractivity contribution in [1.82, 2.24) is 0 Å². The summed E-state index contributed by atoms with van der Waals surface area (Å²) in [5.74, 6) is 0. The summed E-state index contributed by atoms with van der Waals surface area (Å²) in [6.07, 6.45) is 2.63. The van der Waals surface area contributed by atoms with Gasteiger partial charge in [-0.1, -0.05) is 27.2 Å². The topological polar surface area (TPSA) is 9.23 Å². The molecule has 0 N–H and O–H groups in total. The lowest BCUT2D eigenvalue weighted by Crippen LogP contribution is -2.21. The highest BCUT2D eigenvalue weighted by Gasteiger charge is 2.18. The second kappa shape index (κ2) is 5.11. The van der Waals surface area contributed by atoms with Gasteiger partial charge < -0.3 is 4.12 Å². The van der Waals surface area contributed by atoms with Crippen molar-refractivity contribution in [3.8, 4) is 0 Å². The SMILES string of the molecule is CCCC(C)(C)[SiH2]O[SiH](C)C. The van der Waals surface area contributed by atoms with E-state index in [1.54, 1.807) is 0 Å². The summed E-state index contributed by atoms with van der Waals surface area (Å²) in [7, 11) is -0.991. The quantitative estimate of drug-likeness (QED) is 0.603. The summed E-state index contributed by atoms with van der Waals surface area (Å²) >= 11 is 0. The Bertz CT molecular complexity index is 102. The smallest absolute Gasteiger partial charge is 0.156 e. The van der Waals surface area contributed by atoms with E-state index in [9.17, 15) is 0 Å². The molecule has 0 bridgehead atoms. The van der Waals surface area contributed by atoms with Gasteiger partial charge in [0.05, 0.1) is 0 Å². The van der Waals surface area contributed by atoms with Gasteiger partial charge in [-0.3, -0.25) is 0 Å². The zero-order valence-corrected chi connectivity index (χ0v) is 11.2. The molecule has 0 spiro atoms. The molecule has 3 heteroatoms. The van der Waals surface area contributed by atoms with Crippen LogP contribution in [0.3, 0.4) is 0 Å². The Balaban J connectivity index is 3.54. The first kappa shape index (κ1) is 11.4. The Labute approximate surface area is 75.2 Å². The van der Waals surface area contributed by atoms with Crippen LogP contribution in [0.25, 0.3) is 0 Å². The highest BCUT2D eigenvalue weighted by Crippen LogP contribution is 2.28. The molecule has 0 saturated carbocycles. The second-order valence-corrected chi connectivity index (χ2v) is 9.91. The van der Waals surface area contributed by atoms with Gasteiger partial charge in [-0.15, -0.1) is 0 Å². The lowest BCUT2D eigenvalue weighted by molar-refractivity contribution is 0.510. The highest BCUT2D eigenvalue weighted by molar-refractivity contribution is 6.57. The fourth-order valence-electron chi connectivity index (χ4n) is 1.14. The van der Waals surface area contributed by atoms with Crippen molar-refractivity contribution in [3.05, 3.63) is 0 Å². The molecule has 0 unspecified atom stereocenters. The molecule has 0 aliphatic rings. The monoisotopic (exact) mass is 190 g/mol. The van der Waals surface area contributed by atoms with Crippen LogP contribution in [0.4, 0.5) is 0 Å². The Morgan fingerprint density at radius 2 is 1.91 bits per heavy atom. The highest BCUT2D eigenvalue weighted by atomic mass is 28.3. The molecule has 0 rings (SSSR count). The molecule has 0 aliphatic carbocycles. The molecule has 0 radical (unpaired) electrons. The number of hydrogen-bond donors (Lipinski definition) is 0. The van der Waals surface area contributed by atoms with E-state index in [0.717, 1.165) is 0 Å². The van der Waals surface area contributed by atoms with Gasteiger partial charge in [0.25, 0.3) is 0 Å². The third-order valence-corrected chi connectivity index (χ3v) is 6.20. The summed E-state index contributed by atoms with van der Waals surface area (Å²) in [4.78, 5) is 0. The third-order valence-electron chi connectivity index (χ3n) is 1.73. The van der Waals surface area contributed by atoms with E-state index in [0.29, 0.717) is 5.04 Å². The lowest BCUT2D eigenvalue weighted by Gasteiger charge is -2.24. The van der Waals surface area contributed by atoms with Crippen LogP contribution >= 0.6 is 0 Å². The van der Waals surface area contributed by atoms with Gasteiger partial charge >= 0.3 is 0 Å². The largest absolute Gasteiger partial charge is 0.462 e. The van der Waals surface area contributed by atoms with Crippen LogP contribution < -0.4 is 0 Å². The molecule has 0 heterocycles. The normalized spacial score (nSPS) is 13.6. The molecule has 0 aliphatic heterocycles. The van der Waals surface area contributed by atoms with Crippen molar-refractivity contribution in [3.63, 3.8) is 0 Å². The first-order valence-electron chi connectivity index (χ1n) is 4.59. The molecular weight excluding hydrogens is 168 g/mol. The zero-order chi connectivity index (χ0) is 8.91. The van der Waals surface area contributed by atoms with Gasteiger partial charge in [0.15, 0.2) is 18.8 Å². The Morgan fingerprint density at radius 1 is 1.36 bits per heavy atom. The minimum atomic E-state index is -0.734. The molecule has 1 nitrogen and oxygen atoms in total. The van der Waals surface area contributed by atoms with E-state index < -0.39 is 9.04 Å². The zero-order valence-electron chi connectivity index (χ0n) is 8.61. The Morgan fingerprint density at radius 3 is 2.27 bits per heavy atom. The van der Waals surface area contributed by atoms with Crippen molar-refractivity contribution in [2.75, 3.05) is 0 Å². The molecule has 0 atom stereocenters. The predicted molar refractivity (Wildman–Crippen MR) is 57.5 cm³/mol. The molecule has 0 amide bonds. The van der Waals surface area contributed by atoms with Crippen molar-refractivity contribution in [2.24, 2.45) is 0 Å². The van der Waals surface area contributed by atoms with E-state index in [2.05, 4.69) is 33.9 Å². The van der Waals surface area contributed by atoms with Crippen LogP contribution in [0.1, 0.15) is 33.6 Å². The third kappa shape index (κ3) is 6.78. The van der Waals surface area contributed by atoms with Crippen molar-refractivity contribution in [2.45, 2.75) is 51.7 Å². The van der Waals surface area contributed by atoms with E-state index in [4.69, 9.17) is 4.12 Å². The standard InChI is InChI=1S/C8H22OSi2/c1-6-7-8(2,3)10-9-11(4)5/h11H,6-7,10H2,1-5H3. The fraction of sp³-hybridized carbons (Fsp3) is 1.00. The van der Waals surface area contributed by atoms with Crippen LogP contribution in [-0.4, -0.2) is 18.8 Å². The molecule has 0 aromatic heterocycles. The van der Waals surface area contributed by atoms with Crippen LogP contribution in [0, 0.1) is 0 Å². The van der Waals surface area contributed by atoms with Crippen LogP contribution in [0.2, 0.25) is 18.1 Å². The fourth-order valence-corrected chi connectivity index (χ4v) is 4.78. The average Bonchev–Trinajstić information content (AvgIpc) is 1.84. The number of hydrogen-bond acceptors (Lipinski definition) is 1. The van der Waals surface area contributed by atoms with E-state index in [1.165, 1.54) is 12.8 Å². The molecular formula is C8H22OSi2. The minimum Gasteiger partial charge on any atom is -0.462 e. The van der Waals surface area contributed by atoms with Crippen LogP contribution in [0.15, 0.2) is 0 Å². The summed E-state index contributed by atoms with van der Waals surface area (Å²) in [5.41, 5.74) is 0. The molecule has 68 valence electrons. The first-order chi connectivity index (χ1) is 4.98. The summed E-state index contributed by atoms with van der Waals surface area (Å²) in [5, 5.41) is 0.534. The maximum Gasteiger partial charge on any atom is 0.156 e. The van der Waals surface area contributed by atoms with E-state index >= 15 is 0 Å². The molecule has 0 saturated heterocycles. The molecule has 0 aromatic rings. The predicted octanol–water partition coefficient (Wildman–Crippen LogP) is 2.07. The van der Waals surface area contributed by atoms with Crippen molar-refractivity contribution < 1.29 is 4.12 Å². The van der Waals surface area contributed by atoms with Crippen molar-refractivity contribution >= 4 is 18.8 Å². The van der Waals surface area contributed by atoms with Gasteiger partial charge in [-0.2, -0.15) is 0 Å². The maximum absolute atomic E-state index is 5.84. The summed E-state index contributed by atoms with van der Waals surface area (Å²) < 4.78 is 5.84. The van der Waals surface area contributed by atoms with Crippen LogP contribution in [-0.2, 0) is 4.12 Å². The lowest BCUT2D eigenvalue weighted by atomic mass is 10.1. The summed E-state index contributed by atoms with van der Waals surface area (Å²) in [6, 6.07) is 0. The molecule has 0 fully saturated rings. The van der Waals surface area contributed by atoms with Gasteiger partial charge in [0.2, 0.25) is 0 Å². The van der Waals surface area contributed by atoms with E-state index in [-0.39, 0.29) is 9.76 Å². The minimum absolute atomic E-state index is 0.258. The Hall–Kier alpha value is 0.394. The second-order valence-electron chi connectivity index (χ2n) is 4.27. The summed E-state index contributed by atoms with van der Waals surface area (Å²) in [6.45, 7) is 11.5. The molecule has 0 aromatic carbocycles. The molecule has 11 heavy (non-hydrogen) atoms. The van der Waals surface area contributed by atoms with Gasteiger partial charge in [0, 0.05) is 0 Å². The van der Waals surface area contributed by atoms with Gasteiger partial charge in [-0.05, 0) is 24.6 Å². The van der Waals surface area contributed by atoms with Gasteiger partial charge in [-0.25, -0.2) is 0 Å². The maximum atomic E-state index is 5.84. The Kier molecular flexibility index (Phi) is 5.30. The average molecular weight is 190 g/mol. The van der Waals surface area contributed by atoms with E-state index in [1.807, 2.05) is 0 Å². The number of rotatable bonds is 5. The van der Waals surface area contributed by atoms with Crippen LogP contribution in [0.5, 0.6) is 0 Å².